The summed E-state index contributed by atoms with van der Waals surface area (Å²) in [4.78, 5) is 0. The van der Waals surface area contributed by atoms with Crippen LogP contribution in [-0.4, -0.2) is 13.7 Å². The van der Waals surface area contributed by atoms with Crippen LogP contribution < -0.4 is 10.1 Å². The summed E-state index contributed by atoms with van der Waals surface area (Å²) in [6, 6.07) is 8.59. The zero-order chi connectivity index (χ0) is 13.8. The van der Waals surface area contributed by atoms with Crippen molar-refractivity contribution in [3.63, 3.8) is 0 Å². The molecular formula is C15H18FNO2. The molecule has 0 aliphatic rings. The predicted octanol–water partition coefficient (Wildman–Crippen LogP) is 3.43. The molecule has 1 unspecified atom stereocenters. The molecule has 0 saturated heterocycles. The zero-order valence-electron chi connectivity index (χ0n) is 11.4. The minimum atomic E-state index is -0.364. The summed E-state index contributed by atoms with van der Waals surface area (Å²) in [7, 11) is 1.46. The van der Waals surface area contributed by atoms with Crippen molar-refractivity contribution >= 4 is 0 Å². The molecule has 1 aromatic carbocycles. The fourth-order valence-electron chi connectivity index (χ4n) is 2.05. The minimum absolute atomic E-state index is 0.104. The Balaban J connectivity index is 2.38. The first kappa shape index (κ1) is 13.6. The summed E-state index contributed by atoms with van der Waals surface area (Å²) in [6.45, 7) is 4.70. The molecule has 0 amide bonds. The number of hydrogen-bond acceptors (Lipinski definition) is 3. The number of aryl methyl sites for hydroxylation is 1. The van der Waals surface area contributed by atoms with E-state index in [-0.39, 0.29) is 17.6 Å². The Kier molecular flexibility index (Phi) is 4.22. The molecule has 0 spiro atoms. The Morgan fingerprint density at radius 3 is 2.68 bits per heavy atom. The van der Waals surface area contributed by atoms with Crippen molar-refractivity contribution in [3.8, 4) is 5.75 Å². The quantitative estimate of drug-likeness (QED) is 0.897. The van der Waals surface area contributed by atoms with Gasteiger partial charge in [0.15, 0.2) is 11.6 Å². The van der Waals surface area contributed by atoms with Crippen LogP contribution in [0, 0.1) is 12.7 Å². The van der Waals surface area contributed by atoms with Crippen molar-refractivity contribution in [2.75, 3.05) is 13.7 Å². The molecule has 3 nitrogen and oxygen atoms in total. The highest BCUT2D eigenvalue weighted by Gasteiger charge is 2.18. The number of nitrogens with one attached hydrogen (secondary N) is 1. The van der Waals surface area contributed by atoms with Gasteiger partial charge in [-0.25, -0.2) is 4.39 Å². The number of furan rings is 1. The third kappa shape index (κ3) is 2.96. The van der Waals surface area contributed by atoms with Gasteiger partial charge in [-0.2, -0.15) is 0 Å². The molecule has 2 aromatic rings. The van der Waals surface area contributed by atoms with Gasteiger partial charge in [-0.3, -0.25) is 0 Å². The van der Waals surface area contributed by atoms with E-state index in [1.807, 2.05) is 26.0 Å². The summed E-state index contributed by atoms with van der Waals surface area (Å²) in [5, 5.41) is 3.33. The first-order valence-electron chi connectivity index (χ1n) is 6.29. The Morgan fingerprint density at radius 1 is 1.32 bits per heavy atom. The highest BCUT2D eigenvalue weighted by atomic mass is 19.1. The standard InChI is InChI=1S/C15H18FNO2/c1-4-17-15(13-8-5-10(2)19-13)11-6-7-12(16)14(9-11)18-3/h5-9,15,17H,4H2,1-3H3. The lowest BCUT2D eigenvalue weighted by Crippen LogP contribution is -2.21. The number of hydrogen-bond donors (Lipinski definition) is 1. The maximum Gasteiger partial charge on any atom is 0.165 e. The summed E-state index contributed by atoms with van der Waals surface area (Å²) in [5.74, 6) is 1.54. The number of halogens is 1. The molecule has 2 rings (SSSR count). The zero-order valence-corrected chi connectivity index (χ0v) is 11.4. The van der Waals surface area contributed by atoms with E-state index < -0.39 is 0 Å². The lowest BCUT2D eigenvalue weighted by Gasteiger charge is -2.17. The molecule has 1 aromatic heterocycles. The number of methoxy groups -OCH3 is 1. The van der Waals surface area contributed by atoms with Gasteiger partial charge in [-0.15, -0.1) is 0 Å². The van der Waals surface area contributed by atoms with E-state index in [0.717, 1.165) is 23.6 Å². The van der Waals surface area contributed by atoms with E-state index in [1.165, 1.54) is 13.2 Å². The maximum atomic E-state index is 13.5. The lowest BCUT2D eigenvalue weighted by atomic mass is 10.0. The third-order valence-corrected chi connectivity index (χ3v) is 2.96. The number of benzene rings is 1. The van der Waals surface area contributed by atoms with Crippen LogP contribution in [0.4, 0.5) is 4.39 Å². The summed E-state index contributed by atoms with van der Waals surface area (Å²) in [6.07, 6.45) is 0. The Labute approximate surface area is 112 Å². The van der Waals surface area contributed by atoms with Gasteiger partial charge in [-0.1, -0.05) is 13.0 Å². The second-order valence-corrected chi connectivity index (χ2v) is 4.33. The molecule has 0 bridgehead atoms. The van der Waals surface area contributed by atoms with Gasteiger partial charge in [0.25, 0.3) is 0 Å². The normalized spacial score (nSPS) is 12.4. The smallest absolute Gasteiger partial charge is 0.165 e. The van der Waals surface area contributed by atoms with Gasteiger partial charge in [0.05, 0.1) is 13.2 Å². The van der Waals surface area contributed by atoms with Crippen LogP contribution in [0.1, 0.15) is 30.0 Å². The summed E-state index contributed by atoms with van der Waals surface area (Å²) >= 11 is 0. The van der Waals surface area contributed by atoms with Gasteiger partial charge in [0.1, 0.15) is 11.5 Å². The Morgan fingerprint density at radius 2 is 2.11 bits per heavy atom. The summed E-state index contributed by atoms with van der Waals surface area (Å²) < 4.78 is 24.1. The first-order chi connectivity index (χ1) is 9.15. The van der Waals surface area contributed by atoms with E-state index in [1.54, 1.807) is 12.1 Å². The van der Waals surface area contributed by atoms with Gasteiger partial charge < -0.3 is 14.5 Å². The predicted molar refractivity (Wildman–Crippen MR) is 71.9 cm³/mol. The van der Waals surface area contributed by atoms with Crippen LogP contribution in [0.15, 0.2) is 34.7 Å². The first-order valence-corrected chi connectivity index (χ1v) is 6.29. The van der Waals surface area contributed by atoms with Crippen molar-refractivity contribution in [2.24, 2.45) is 0 Å². The number of rotatable bonds is 5. The third-order valence-electron chi connectivity index (χ3n) is 2.96. The van der Waals surface area contributed by atoms with E-state index in [4.69, 9.17) is 9.15 Å². The van der Waals surface area contributed by atoms with Gasteiger partial charge >= 0.3 is 0 Å². The molecule has 1 heterocycles. The largest absolute Gasteiger partial charge is 0.494 e. The van der Waals surface area contributed by atoms with Crippen LogP contribution in [0.3, 0.4) is 0 Å². The highest BCUT2D eigenvalue weighted by molar-refractivity contribution is 5.35. The maximum absolute atomic E-state index is 13.5. The van der Waals surface area contributed by atoms with Gasteiger partial charge in [0.2, 0.25) is 0 Å². The monoisotopic (exact) mass is 263 g/mol. The van der Waals surface area contributed by atoms with Crippen LogP contribution in [-0.2, 0) is 0 Å². The molecule has 19 heavy (non-hydrogen) atoms. The van der Waals surface area contributed by atoms with Gasteiger partial charge in [0, 0.05) is 0 Å². The highest BCUT2D eigenvalue weighted by Crippen LogP contribution is 2.28. The average molecular weight is 263 g/mol. The van der Waals surface area contributed by atoms with E-state index in [0.29, 0.717) is 0 Å². The molecule has 1 atom stereocenters. The topological polar surface area (TPSA) is 34.4 Å². The minimum Gasteiger partial charge on any atom is -0.494 e. The van der Waals surface area contributed by atoms with Gasteiger partial charge in [-0.05, 0) is 43.3 Å². The van der Waals surface area contributed by atoms with Crippen LogP contribution in [0.25, 0.3) is 0 Å². The molecule has 0 aliphatic heterocycles. The van der Waals surface area contributed by atoms with E-state index >= 15 is 0 Å². The molecular weight excluding hydrogens is 245 g/mol. The Bertz CT molecular complexity index is 551. The second-order valence-electron chi connectivity index (χ2n) is 4.33. The lowest BCUT2D eigenvalue weighted by molar-refractivity contribution is 0.383. The molecule has 4 heteroatoms. The van der Waals surface area contributed by atoms with Crippen molar-refractivity contribution < 1.29 is 13.5 Å². The van der Waals surface area contributed by atoms with Crippen molar-refractivity contribution in [1.29, 1.82) is 0 Å². The van der Waals surface area contributed by atoms with E-state index in [2.05, 4.69) is 5.32 Å². The number of ether oxygens (including phenoxy) is 1. The van der Waals surface area contributed by atoms with Crippen LogP contribution >= 0.6 is 0 Å². The molecule has 0 fully saturated rings. The van der Waals surface area contributed by atoms with Crippen molar-refractivity contribution in [1.82, 2.24) is 5.32 Å². The Hall–Kier alpha value is -1.81. The fourth-order valence-corrected chi connectivity index (χ4v) is 2.05. The molecule has 102 valence electrons. The van der Waals surface area contributed by atoms with Crippen molar-refractivity contribution in [3.05, 3.63) is 53.2 Å². The molecule has 1 N–H and O–H groups in total. The SMILES string of the molecule is CCNC(c1ccc(F)c(OC)c1)c1ccc(C)o1. The van der Waals surface area contributed by atoms with Crippen LogP contribution in [0.2, 0.25) is 0 Å². The van der Waals surface area contributed by atoms with E-state index in [9.17, 15) is 4.39 Å². The summed E-state index contributed by atoms with van der Waals surface area (Å²) in [5.41, 5.74) is 0.912. The second kappa shape index (κ2) is 5.89. The fraction of sp³-hybridized carbons (Fsp3) is 0.333. The molecule has 0 radical (unpaired) electrons. The molecule has 0 aliphatic carbocycles. The van der Waals surface area contributed by atoms with Crippen molar-refractivity contribution in [2.45, 2.75) is 19.9 Å². The van der Waals surface area contributed by atoms with Crippen LogP contribution in [0.5, 0.6) is 5.75 Å². The molecule has 0 saturated carbocycles. The average Bonchev–Trinajstić information content (AvgIpc) is 2.83.